The van der Waals surface area contributed by atoms with Gasteiger partial charge in [-0.1, -0.05) is 24.3 Å². The van der Waals surface area contributed by atoms with Crippen LogP contribution in [-0.2, 0) is 24.0 Å². The maximum Gasteiger partial charge on any atom is 0.449 e. The van der Waals surface area contributed by atoms with Gasteiger partial charge in [0.2, 0.25) is 5.82 Å². The second-order valence-corrected chi connectivity index (χ2v) is 7.57. The van der Waals surface area contributed by atoms with E-state index in [4.69, 9.17) is 9.47 Å². The van der Waals surface area contributed by atoms with Crippen molar-refractivity contribution in [2.24, 2.45) is 0 Å². The van der Waals surface area contributed by atoms with Gasteiger partial charge in [0.1, 0.15) is 12.4 Å². The molecule has 0 amide bonds. The quantitative estimate of drug-likeness (QED) is 0.447. The molecule has 0 saturated carbocycles. The van der Waals surface area contributed by atoms with Crippen LogP contribution < -0.4 is 4.74 Å². The van der Waals surface area contributed by atoms with Crippen LogP contribution in [0, 0.1) is 0 Å². The van der Waals surface area contributed by atoms with Gasteiger partial charge in [0.25, 0.3) is 0 Å². The van der Waals surface area contributed by atoms with Gasteiger partial charge in [0.15, 0.2) is 0 Å². The Morgan fingerprint density at radius 1 is 1.09 bits per heavy atom. The molecule has 0 radical (unpaired) electrons. The first-order chi connectivity index (χ1) is 15.3. The molecular formula is C23H28F3N3O3. The van der Waals surface area contributed by atoms with E-state index in [9.17, 15) is 18.3 Å². The van der Waals surface area contributed by atoms with E-state index >= 15 is 0 Å². The Morgan fingerprint density at radius 2 is 1.81 bits per heavy atom. The Kier molecular flexibility index (Phi) is 8.11. The highest BCUT2D eigenvalue weighted by atomic mass is 19.4. The van der Waals surface area contributed by atoms with E-state index in [2.05, 4.69) is 4.98 Å². The van der Waals surface area contributed by atoms with Crippen molar-refractivity contribution in [3.63, 3.8) is 0 Å². The van der Waals surface area contributed by atoms with Gasteiger partial charge < -0.3 is 19.1 Å². The standard InChI is InChI=1S/C23H28F3N3O3/c1-3-31-12-13-32-19-10-8-17(9-11-19)14-28(2)15-18(30)16-29-21-7-5-4-6-20(21)27-22(29)23(24,25)26/h4-11,18,30H,3,12-16H2,1-2H3. The number of rotatable bonds is 11. The molecule has 1 atom stereocenters. The van der Waals surface area contributed by atoms with Crippen LogP contribution in [0.3, 0.4) is 0 Å². The number of hydrogen-bond acceptors (Lipinski definition) is 5. The number of para-hydroxylation sites is 2. The molecule has 6 nitrogen and oxygen atoms in total. The average molecular weight is 451 g/mol. The van der Waals surface area contributed by atoms with E-state index in [0.717, 1.165) is 15.9 Å². The van der Waals surface area contributed by atoms with Gasteiger partial charge in [-0.25, -0.2) is 4.98 Å². The maximum absolute atomic E-state index is 13.4. The highest BCUT2D eigenvalue weighted by Crippen LogP contribution is 2.31. The Morgan fingerprint density at radius 3 is 2.50 bits per heavy atom. The van der Waals surface area contributed by atoms with Crippen LogP contribution in [0.15, 0.2) is 48.5 Å². The van der Waals surface area contributed by atoms with Crippen molar-refractivity contribution in [2.75, 3.05) is 33.4 Å². The van der Waals surface area contributed by atoms with Gasteiger partial charge in [0, 0.05) is 19.7 Å². The van der Waals surface area contributed by atoms with Crippen LogP contribution in [0.5, 0.6) is 5.75 Å². The number of halogens is 3. The number of aliphatic hydroxyl groups is 1. The highest BCUT2D eigenvalue weighted by Gasteiger charge is 2.38. The summed E-state index contributed by atoms with van der Waals surface area (Å²) < 4.78 is 52.2. The van der Waals surface area contributed by atoms with Gasteiger partial charge >= 0.3 is 6.18 Å². The van der Waals surface area contributed by atoms with E-state index in [1.165, 1.54) is 6.07 Å². The molecule has 1 N–H and O–H groups in total. The first kappa shape index (κ1) is 24.0. The van der Waals surface area contributed by atoms with Gasteiger partial charge in [-0.3, -0.25) is 4.90 Å². The molecule has 9 heteroatoms. The molecule has 3 aromatic rings. The molecule has 1 unspecified atom stereocenters. The van der Waals surface area contributed by atoms with Crippen molar-refractivity contribution < 1.29 is 27.8 Å². The zero-order valence-electron chi connectivity index (χ0n) is 18.2. The predicted molar refractivity (Wildman–Crippen MR) is 116 cm³/mol. The normalized spacial score (nSPS) is 13.1. The topological polar surface area (TPSA) is 59.8 Å². The van der Waals surface area contributed by atoms with Crippen molar-refractivity contribution in [3.05, 3.63) is 59.9 Å². The summed E-state index contributed by atoms with van der Waals surface area (Å²) in [7, 11) is 1.81. The SMILES string of the molecule is CCOCCOc1ccc(CN(C)CC(O)Cn2c(C(F)(F)F)nc3ccccc32)cc1. The molecule has 3 rings (SSSR count). The number of aliphatic hydroxyl groups excluding tert-OH is 1. The summed E-state index contributed by atoms with van der Waals surface area (Å²) in [6.07, 6.45) is -5.60. The summed E-state index contributed by atoms with van der Waals surface area (Å²) in [5.41, 5.74) is 1.60. The number of benzene rings is 2. The van der Waals surface area contributed by atoms with Crippen LogP contribution in [-0.4, -0.2) is 59.1 Å². The van der Waals surface area contributed by atoms with Gasteiger partial charge in [-0.15, -0.1) is 0 Å². The van der Waals surface area contributed by atoms with Crippen LogP contribution in [0.25, 0.3) is 11.0 Å². The van der Waals surface area contributed by atoms with E-state index in [1.807, 2.05) is 43.1 Å². The molecule has 174 valence electrons. The van der Waals surface area contributed by atoms with Crippen LogP contribution in [0.1, 0.15) is 18.3 Å². The molecule has 2 aromatic carbocycles. The number of alkyl halides is 3. The van der Waals surface area contributed by atoms with Gasteiger partial charge in [0.05, 0.1) is 30.3 Å². The number of fused-ring (bicyclic) bond motifs is 1. The molecule has 0 aliphatic heterocycles. The van der Waals surface area contributed by atoms with Crippen molar-refractivity contribution in [2.45, 2.75) is 32.3 Å². The van der Waals surface area contributed by atoms with Crippen molar-refractivity contribution >= 4 is 11.0 Å². The number of nitrogens with zero attached hydrogens (tertiary/aromatic N) is 3. The molecule has 0 fully saturated rings. The molecular weight excluding hydrogens is 423 g/mol. The third kappa shape index (κ3) is 6.44. The number of hydrogen-bond donors (Lipinski definition) is 1. The summed E-state index contributed by atoms with van der Waals surface area (Å²) in [5.74, 6) is -0.261. The third-order valence-electron chi connectivity index (χ3n) is 4.90. The fourth-order valence-electron chi connectivity index (χ4n) is 3.54. The van der Waals surface area contributed by atoms with Gasteiger partial charge in [-0.2, -0.15) is 13.2 Å². The summed E-state index contributed by atoms with van der Waals surface area (Å²) >= 11 is 0. The predicted octanol–water partition coefficient (Wildman–Crippen LogP) is 3.96. The Labute approximate surface area is 185 Å². The van der Waals surface area contributed by atoms with E-state index in [0.29, 0.717) is 31.9 Å². The number of aromatic nitrogens is 2. The summed E-state index contributed by atoms with van der Waals surface area (Å²) in [5, 5.41) is 10.5. The van der Waals surface area contributed by atoms with Crippen LogP contribution >= 0.6 is 0 Å². The number of likely N-dealkylation sites (N-methyl/N-ethyl adjacent to an activating group) is 1. The van der Waals surface area contributed by atoms with Crippen LogP contribution in [0.4, 0.5) is 13.2 Å². The Balaban J connectivity index is 1.58. The minimum absolute atomic E-state index is 0.202. The zero-order chi connectivity index (χ0) is 23.1. The molecule has 1 aromatic heterocycles. The first-order valence-corrected chi connectivity index (χ1v) is 10.5. The second-order valence-electron chi connectivity index (χ2n) is 7.57. The first-order valence-electron chi connectivity index (χ1n) is 10.5. The lowest BCUT2D eigenvalue weighted by Gasteiger charge is -2.22. The monoisotopic (exact) mass is 451 g/mol. The summed E-state index contributed by atoms with van der Waals surface area (Å²) in [6.45, 7) is 4.11. The van der Waals surface area contributed by atoms with E-state index in [1.54, 1.807) is 18.2 Å². The lowest BCUT2D eigenvalue weighted by Crippen LogP contribution is -2.32. The lowest BCUT2D eigenvalue weighted by atomic mass is 10.2. The number of ether oxygens (including phenoxy) is 2. The third-order valence-corrected chi connectivity index (χ3v) is 4.90. The number of imidazole rings is 1. The zero-order valence-corrected chi connectivity index (χ0v) is 18.2. The molecule has 0 bridgehead atoms. The Bertz CT molecular complexity index is 990. The largest absolute Gasteiger partial charge is 0.491 e. The summed E-state index contributed by atoms with van der Waals surface area (Å²) in [4.78, 5) is 5.58. The highest BCUT2D eigenvalue weighted by molar-refractivity contribution is 5.76. The van der Waals surface area contributed by atoms with E-state index < -0.39 is 18.1 Å². The Hall–Kier alpha value is -2.62. The molecule has 0 aliphatic rings. The van der Waals surface area contributed by atoms with Gasteiger partial charge in [-0.05, 0) is 43.8 Å². The molecule has 0 saturated heterocycles. The molecule has 1 heterocycles. The van der Waals surface area contributed by atoms with Crippen LogP contribution in [0.2, 0.25) is 0 Å². The fourth-order valence-corrected chi connectivity index (χ4v) is 3.54. The average Bonchev–Trinajstić information content (AvgIpc) is 3.11. The molecule has 0 aliphatic carbocycles. The maximum atomic E-state index is 13.4. The molecule has 0 spiro atoms. The minimum atomic E-state index is -4.60. The van der Waals surface area contributed by atoms with Crippen molar-refractivity contribution in [3.8, 4) is 5.75 Å². The molecule has 32 heavy (non-hydrogen) atoms. The smallest absolute Gasteiger partial charge is 0.449 e. The van der Waals surface area contributed by atoms with Crippen molar-refractivity contribution in [1.82, 2.24) is 14.5 Å². The lowest BCUT2D eigenvalue weighted by molar-refractivity contribution is -0.147. The van der Waals surface area contributed by atoms with E-state index in [-0.39, 0.29) is 18.6 Å². The fraction of sp³-hybridized carbons (Fsp3) is 0.435. The second kappa shape index (κ2) is 10.8. The summed E-state index contributed by atoms with van der Waals surface area (Å²) in [6, 6.07) is 14.0. The van der Waals surface area contributed by atoms with Crippen molar-refractivity contribution in [1.29, 1.82) is 0 Å². The minimum Gasteiger partial charge on any atom is -0.491 e.